The van der Waals surface area contributed by atoms with Crippen molar-refractivity contribution in [2.24, 2.45) is 0 Å². The summed E-state index contributed by atoms with van der Waals surface area (Å²) in [5, 5.41) is 5.22. The number of rotatable bonds is 5. The molecule has 1 aromatic carbocycles. The van der Waals surface area contributed by atoms with Crippen molar-refractivity contribution in [3.8, 4) is 0 Å². The lowest BCUT2D eigenvalue weighted by molar-refractivity contribution is -0.113. The summed E-state index contributed by atoms with van der Waals surface area (Å²) >= 11 is 3.36. The Morgan fingerprint density at radius 3 is 2.79 bits per heavy atom. The van der Waals surface area contributed by atoms with Gasteiger partial charge in [-0.25, -0.2) is 9.97 Å². The summed E-state index contributed by atoms with van der Waals surface area (Å²) in [6, 6.07) is 6.12. The molecule has 0 radical (unpaired) electrons. The number of hydrogen-bond donors (Lipinski definition) is 1. The molecule has 152 valence electrons. The Labute approximate surface area is 180 Å². The van der Waals surface area contributed by atoms with Crippen molar-refractivity contribution in [1.82, 2.24) is 9.97 Å². The molecular weight excluding hydrogens is 398 g/mol. The molecule has 0 saturated heterocycles. The Morgan fingerprint density at radius 2 is 2.00 bits per heavy atom. The van der Waals surface area contributed by atoms with Crippen LogP contribution in [0.4, 0.5) is 5.69 Å². The number of aryl methyl sites for hydroxylation is 4. The molecule has 6 heteroatoms. The molecule has 1 aliphatic rings. The van der Waals surface area contributed by atoms with Crippen molar-refractivity contribution in [3.05, 3.63) is 45.6 Å². The van der Waals surface area contributed by atoms with Crippen LogP contribution in [0, 0.1) is 13.8 Å². The number of nitrogens with one attached hydrogen (secondary N) is 1. The summed E-state index contributed by atoms with van der Waals surface area (Å²) in [6.07, 6.45) is 4.72. The predicted octanol–water partition coefficient (Wildman–Crippen LogP) is 6.04. The maximum Gasteiger partial charge on any atom is 0.234 e. The molecule has 1 aliphatic carbocycles. The van der Waals surface area contributed by atoms with Gasteiger partial charge in [0, 0.05) is 21.9 Å². The number of carbonyl (C=O) groups excluding carboxylic acids is 1. The van der Waals surface area contributed by atoms with Gasteiger partial charge in [-0.05, 0) is 62.3 Å². The molecule has 0 spiro atoms. The first kappa shape index (κ1) is 20.4. The minimum absolute atomic E-state index is 0.00524. The van der Waals surface area contributed by atoms with Crippen LogP contribution in [0.3, 0.4) is 0 Å². The highest BCUT2D eigenvalue weighted by Gasteiger charge is 2.22. The van der Waals surface area contributed by atoms with E-state index >= 15 is 0 Å². The van der Waals surface area contributed by atoms with Crippen LogP contribution in [0.1, 0.15) is 60.0 Å². The average molecular weight is 426 g/mol. The smallest absolute Gasteiger partial charge is 0.234 e. The zero-order valence-corrected chi connectivity index (χ0v) is 19.1. The third-order valence-corrected chi connectivity index (χ3v) is 7.48. The molecule has 0 fully saturated rings. The fourth-order valence-electron chi connectivity index (χ4n) is 3.69. The molecule has 0 atom stereocenters. The maximum atomic E-state index is 12.7. The summed E-state index contributed by atoms with van der Waals surface area (Å²) < 4.78 is 0. The Bertz CT molecular complexity index is 1070. The van der Waals surface area contributed by atoms with Crippen LogP contribution in [0.5, 0.6) is 0 Å². The molecule has 1 amide bonds. The molecule has 4 rings (SSSR count). The highest BCUT2D eigenvalue weighted by Crippen LogP contribution is 2.40. The van der Waals surface area contributed by atoms with E-state index in [-0.39, 0.29) is 11.8 Å². The lowest BCUT2D eigenvalue weighted by Crippen LogP contribution is -2.15. The van der Waals surface area contributed by atoms with Gasteiger partial charge in [-0.2, -0.15) is 0 Å². The van der Waals surface area contributed by atoms with E-state index in [0.29, 0.717) is 5.75 Å². The quantitative estimate of drug-likeness (QED) is 0.400. The van der Waals surface area contributed by atoms with Crippen LogP contribution in [0.15, 0.2) is 23.2 Å². The fraction of sp³-hybridized carbons (Fsp3) is 0.435. The third-order valence-electron chi connectivity index (χ3n) is 5.32. The lowest BCUT2D eigenvalue weighted by Gasteiger charge is -2.13. The van der Waals surface area contributed by atoms with E-state index in [9.17, 15) is 4.79 Å². The molecular formula is C23H27N3OS2. The molecule has 3 aromatic rings. The minimum Gasteiger partial charge on any atom is -0.325 e. The highest BCUT2D eigenvalue weighted by atomic mass is 32.2. The van der Waals surface area contributed by atoms with Gasteiger partial charge in [0.15, 0.2) is 0 Å². The van der Waals surface area contributed by atoms with Crippen LogP contribution in [0.2, 0.25) is 0 Å². The van der Waals surface area contributed by atoms with Gasteiger partial charge in [0.1, 0.15) is 15.7 Å². The maximum absolute atomic E-state index is 12.7. The molecule has 4 nitrogen and oxygen atoms in total. The SMILES string of the molecule is Cc1ccc(C)c(NC(=O)CSc2nc(C(C)C)nc3sc4c(c23)CCCC4)c1. The first-order valence-electron chi connectivity index (χ1n) is 10.2. The molecule has 0 unspecified atom stereocenters. The van der Waals surface area contributed by atoms with Gasteiger partial charge < -0.3 is 5.32 Å². The number of hydrogen-bond acceptors (Lipinski definition) is 5. The van der Waals surface area contributed by atoms with Crippen LogP contribution < -0.4 is 5.32 Å². The fourth-order valence-corrected chi connectivity index (χ4v) is 5.89. The van der Waals surface area contributed by atoms with E-state index in [0.717, 1.165) is 45.3 Å². The van der Waals surface area contributed by atoms with Gasteiger partial charge in [0.2, 0.25) is 5.91 Å². The molecule has 0 bridgehead atoms. The largest absolute Gasteiger partial charge is 0.325 e. The topological polar surface area (TPSA) is 54.9 Å². The first-order valence-corrected chi connectivity index (χ1v) is 12.0. The summed E-state index contributed by atoms with van der Waals surface area (Å²) in [5.74, 6) is 1.49. The van der Waals surface area contributed by atoms with Gasteiger partial charge >= 0.3 is 0 Å². The van der Waals surface area contributed by atoms with Crippen molar-refractivity contribution >= 4 is 44.9 Å². The average Bonchev–Trinajstić information content (AvgIpc) is 3.07. The zero-order chi connectivity index (χ0) is 20.5. The van der Waals surface area contributed by atoms with Crippen LogP contribution in [-0.4, -0.2) is 21.6 Å². The van der Waals surface area contributed by atoms with Crippen molar-refractivity contribution in [3.63, 3.8) is 0 Å². The van der Waals surface area contributed by atoms with Crippen molar-refractivity contribution in [2.75, 3.05) is 11.1 Å². The third kappa shape index (κ3) is 4.33. The van der Waals surface area contributed by atoms with Gasteiger partial charge in [-0.15, -0.1) is 11.3 Å². The van der Waals surface area contributed by atoms with Gasteiger partial charge in [-0.3, -0.25) is 4.79 Å². The monoisotopic (exact) mass is 425 g/mol. The van der Waals surface area contributed by atoms with Gasteiger partial charge in [0.25, 0.3) is 0 Å². The minimum atomic E-state index is 0.00524. The predicted molar refractivity (Wildman–Crippen MR) is 123 cm³/mol. The molecule has 0 saturated carbocycles. The number of thiophene rings is 1. The number of anilines is 1. The number of aromatic nitrogens is 2. The normalized spacial score (nSPS) is 13.7. The second-order valence-corrected chi connectivity index (χ2v) is 10.1. The van der Waals surface area contributed by atoms with Crippen LogP contribution in [-0.2, 0) is 17.6 Å². The van der Waals surface area contributed by atoms with Crippen molar-refractivity contribution in [1.29, 1.82) is 0 Å². The number of fused-ring (bicyclic) bond motifs is 3. The molecule has 2 aromatic heterocycles. The van der Waals surface area contributed by atoms with E-state index in [1.807, 2.05) is 37.3 Å². The van der Waals surface area contributed by atoms with Crippen LogP contribution in [0.25, 0.3) is 10.2 Å². The number of nitrogens with zero attached hydrogens (tertiary/aromatic N) is 2. The molecule has 1 N–H and O–H groups in total. The Balaban J connectivity index is 1.60. The first-order chi connectivity index (χ1) is 13.9. The summed E-state index contributed by atoms with van der Waals surface area (Å²) in [5.41, 5.74) is 4.53. The van der Waals surface area contributed by atoms with Gasteiger partial charge in [0.05, 0.1) is 5.75 Å². The van der Waals surface area contributed by atoms with Crippen molar-refractivity contribution in [2.45, 2.75) is 64.3 Å². The number of amides is 1. The Kier molecular flexibility index (Phi) is 5.93. The second-order valence-electron chi connectivity index (χ2n) is 8.09. The van der Waals surface area contributed by atoms with E-state index in [2.05, 4.69) is 25.2 Å². The Morgan fingerprint density at radius 1 is 1.21 bits per heavy atom. The molecule has 2 heterocycles. The van der Waals surface area contributed by atoms with E-state index in [1.165, 1.54) is 40.4 Å². The van der Waals surface area contributed by atoms with E-state index < -0.39 is 0 Å². The summed E-state index contributed by atoms with van der Waals surface area (Å²) in [7, 11) is 0. The number of thioether (sulfide) groups is 1. The van der Waals surface area contributed by atoms with Crippen LogP contribution >= 0.6 is 23.1 Å². The summed E-state index contributed by atoms with van der Waals surface area (Å²) in [6.45, 7) is 8.30. The van der Waals surface area contributed by atoms with E-state index in [4.69, 9.17) is 9.97 Å². The van der Waals surface area contributed by atoms with Crippen molar-refractivity contribution < 1.29 is 4.79 Å². The van der Waals surface area contributed by atoms with E-state index in [1.54, 1.807) is 0 Å². The molecule has 29 heavy (non-hydrogen) atoms. The Hall–Kier alpha value is -1.92. The number of carbonyl (C=O) groups is 1. The lowest BCUT2D eigenvalue weighted by atomic mass is 9.97. The second kappa shape index (κ2) is 8.44. The number of benzene rings is 1. The van der Waals surface area contributed by atoms with Gasteiger partial charge in [-0.1, -0.05) is 37.7 Å². The molecule has 0 aliphatic heterocycles. The highest BCUT2D eigenvalue weighted by molar-refractivity contribution is 8.00. The standard InChI is InChI=1S/C23H27N3OS2/c1-13(2)21-25-22(20-16-7-5-6-8-18(16)29-23(20)26-21)28-12-19(27)24-17-11-14(3)9-10-15(17)4/h9-11,13H,5-8,12H2,1-4H3,(H,24,27). The summed E-state index contributed by atoms with van der Waals surface area (Å²) in [4.78, 5) is 24.9. The zero-order valence-electron chi connectivity index (χ0n) is 17.5.